The highest BCUT2D eigenvalue weighted by Gasteiger charge is 2.21. The Bertz CT molecular complexity index is 653. The van der Waals surface area contributed by atoms with E-state index in [1.165, 1.54) is 56.0 Å². The van der Waals surface area contributed by atoms with Gasteiger partial charge >= 0.3 is 0 Å². The van der Waals surface area contributed by atoms with Crippen LogP contribution in [-0.4, -0.2) is 4.98 Å². The predicted molar refractivity (Wildman–Crippen MR) is 93.5 cm³/mol. The highest BCUT2D eigenvalue weighted by atomic mass is 127. The Morgan fingerprint density at radius 2 is 1.23 bits per heavy atom. The zero-order chi connectivity index (χ0) is 16.3. The van der Waals surface area contributed by atoms with Crippen LogP contribution in [0.5, 0.6) is 0 Å². The number of benzene rings is 2. The maximum Gasteiger partial charge on any atom is 0.196 e. The molecule has 0 aliphatic heterocycles. The smallest absolute Gasteiger partial charge is 0.196 e. The molecule has 3 rings (SSSR count). The summed E-state index contributed by atoms with van der Waals surface area (Å²) in [6.45, 7) is 0. The molecule has 7 heteroatoms. The molecule has 22 heavy (non-hydrogen) atoms. The number of pyridine rings is 1. The standard InChI is InChI=1S/C9H7N.C6F4I2/c1-2-4-9-7-10-6-5-8(9)3-1;7-1-2(8)5(11)4(10)6(12)3(1)9/h1-7H;. The summed E-state index contributed by atoms with van der Waals surface area (Å²) in [6, 6.07) is 10.2. The molecular formula is C15H7F4I2N. The van der Waals surface area contributed by atoms with Crippen LogP contribution in [0.4, 0.5) is 17.6 Å². The molecule has 0 amide bonds. The van der Waals surface area contributed by atoms with Gasteiger partial charge in [-0.05, 0) is 62.0 Å². The minimum Gasteiger partial charge on any atom is -0.264 e. The van der Waals surface area contributed by atoms with Gasteiger partial charge in [0.2, 0.25) is 0 Å². The lowest BCUT2D eigenvalue weighted by Crippen LogP contribution is -2.02. The van der Waals surface area contributed by atoms with Gasteiger partial charge < -0.3 is 0 Å². The summed E-state index contributed by atoms with van der Waals surface area (Å²) in [4.78, 5) is 4.01. The average molecular weight is 531 g/mol. The Balaban J connectivity index is 0.000000162. The lowest BCUT2D eigenvalue weighted by Gasteiger charge is -2.02. The minimum absolute atomic E-state index is 0.532. The molecule has 0 aliphatic carbocycles. The number of hydrogen-bond donors (Lipinski definition) is 0. The molecule has 114 valence electrons. The van der Waals surface area contributed by atoms with Crippen LogP contribution in [0.3, 0.4) is 0 Å². The van der Waals surface area contributed by atoms with Crippen LogP contribution in [0.2, 0.25) is 0 Å². The first-order valence-electron chi connectivity index (χ1n) is 5.89. The van der Waals surface area contributed by atoms with E-state index in [9.17, 15) is 17.6 Å². The predicted octanol–water partition coefficient (Wildman–Crippen LogP) is 5.69. The van der Waals surface area contributed by atoms with Crippen molar-refractivity contribution in [1.29, 1.82) is 0 Å². The van der Waals surface area contributed by atoms with Gasteiger partial charge in [0.15, 0.2) is 23.3 Å². The van der Waals surface area contributed by atoms with E-state index in [0.717, 1.165) is 0 Å². The molecule has 3 aromatic rings. The van der Waals surface area contributed by atoms with Gasteiger partial charge in [-0.15, -0.1) is 0 Å². The number of rotatable bonds is 0. The van der Waals surface area contributed by atoms with Crippen molar-refractivity contribution in [2.45, 2.75) is 0 Å². The molecule has 1 heterocycles. The van der Waals surface area contributed by atoms with Crippen LogP contribution in [0.1, 0.15) is 0 Å². The van der Waals surface area contributed by atoms with E-state index < -0.39 is 30.4 Å². The molecule has 2 aromatic carbocycles. The highest BCUT2D eigenvalue weighted by molar-refractivity contribution is 14.1. The van der Waals surface area contributed by atoms with E-state index in [2.05, 4.69) is 17.1 Å². The first-order valence-corrected chi connectivity index (χ1v) is 8.05. The number of halogens is 6. The molecule has 0 fully saturated rings. The van der Waals surface area contributed by atoms with Crippen molar-refractivity contribution in [3.05, 3.63) is 73.1 Å². The molecule has 0 aliphatic rings. The van der Waals surface area contributed by atoms with E-state index >= 15 is 0 Å². The molecule has 0 saturated heterocycles. The van der Waals surface area contributed by atoms with E-state index in [0.29, 0.717) is 0 Å². The molecule has 0 unspecified atom stereocenters. The Kier molecular flexibility index (Phi) is 5.95. The Morgan fingerprint density at radius 3 is 1.77 bits per heavy atom. The fourth-order valence-electron chi connectivity index (χ4n) is 1.61. The van der Waals surface area contributed by atoms with E-state index in [4.69, 9.17) is 0 Å². The summed E-state index contributed by atoms with van der Waals surface area (Å²) >= 11 is 2.55. The molecule has 0 N–H and O–H groups in total. The molecule has 0 saturated carbocycles. The first kappa shape index (κ1) is 17.4. The quantitative estimate of drug-likeness (QED) is 0.158. The summed E-state index contributed by atoms with van der Waals surface area (Å²) in [5, 5.41) is 2.45. The van der Waals surface area contributed by atoms with E-state index in [1.54, 1.807) is 0 Å². The third kappa shape index (κ3) is 3.67. The molecular weight excluding hydrogens is 524 g/mol. The molecule has 0 bridgehead atoms. The fraction of sp³-hybridized carbons (Fsp3) is 0. The summed E-state index contributed by atoms with van der Waals surface area (Å²) in [5.41, 5.74) is 0. The van der Waals surface area contributed by atoms with Gasteiger partial charge in [-0.3, -0.25) is 4.98 Å². The summed E-state index contributed by atoms with van der Waals surface area (Å²) in [5.74, 6) is -5.66. The maximum atomic E-state index is 12.8. The third-order valence-electron chi connectivity index (χ3n) is 2.71. The Hall–Kier alpha value is -0.970. The minimum atomic E-state index is -1.63. The van der Waals surface area contributed by atoms with Gasteiger partial charge in [0, 0.05) is 12.4 Å². The van der Waals surface area contributed by atoms with Crippen LogP contribution in [0.25, 0.3) is 10.8 Å². The Labute approximate surface area is 151 Å². The van der Waals surface area contributed by atoms with Gasteiger partial charge in [0.1, 0.15) is 0 Å². The van der Waals surface area contributed by atoms with Crippen LogP contribution in [0, 0.1) is 30.4 Å². The molecule has 1 aromatic heterocycles. The van der Waals surface area contributed by atoms with Crippen LogP contribution in [0.15, 0.2) is 42.7 Å². The SMILES string of the molecule is Fc1c(F)c(I)c(F)c(I)c1F.c1ccc2cnccc2c1. The monoisotopic (exact) mass is 531 g/mol. The summed E-state index contributed by atoms with van der Waals surface area (Å²) < 4.78 is 49.3. The summed E-state index contributed by atoms with van der Waals surface area (Å²) in [6.07, 6.45) is 3.68. The van der Waals surface area contributed by atoms with Crippen molar-refractivity contribution in [3.8, 4) is 0 Å². The zero-order valence-electron chi connectivity index (χ0n) is 10.8. The maximum absolute atomic E-state index is 12.8. The van der Waals surface area contributed by atoms with Crippen molar-refractivity contribution in [1.82, 2.24) is 4.98 Å². The fourth-order valence-corrected chi connectivity index (χ4v) is 3.13. The van der Waals surface area contributed by atoms with Gasteiger partial charge in [0.05, 0.1) is 7.14 Å². The number of hydrogen-bond acceptors (Lipinski definition) is 1. The second-order valence-corrected chi connectivity index (χ2v) is 6.26. The largest absolute Gasteiger partial charge is 0.264 e. The molecule has 0 spiro atoms. The van der Waals surface area contributed by atoms with Crippen LogP contribution >= 0.6 is 45.2 Å². The molecule has 0 radical (unpaired) electrons. The van der Waals surface area contributed by atoms with Crippen molar-refractivity contribution >= 4 is 56.0 Å². The van der Waals surface area contributed by atoms with Gasteiger partial charge in [0.25, 0.3) is 0 Å². The lowest BCUT2D eigenvalue weighted by atomic mass is 10.2. The second kappa shape index (κ2) is 7.53. The van der Waals surface area contributed by atoms with Crippen molar-refractivity contribution in [2.75, 3.05) is 0 Å². The normalized spacial score (nSPS) is 10.3. The molecule has 0 atom stereocenters. The highest BCUT2D eigenvalue weighted by Crippen LogP contribution is 2.26. The zero-order valence-corrected chi connectivity index (χ0v) is 15.1. The number of fused-ring (bicyclic) bond motifs is 1. The number of nitrogens with zero attached hydrogens (tertiary/aromatic N) is 1. The second-order valence-electron chi connectivity index (χ2n) is 4.11. The van der Waals surface area contributed by atoms with Gasteiger partial charge in [-0.2, -0.15) is 0 Å². The van der Waals surface area contributed by atoms with Gasteiger partial charge in [-0.1, -0.05) is 24.3 Å². The van der Waals surface area contributed by atoms with Crippen molar-refractivity contribution in [2.24, 2.45) is 0 Å². The number of aromatic nitrogens is 1. The van der Waals surface area contributed by atoms with Crippen molar-refractivity contribution in [3.63, 3.8) is 0 Å². The first-order chi connectivity index (χ1) is 10.4. The van der Waals surface area contributed by atoms with E-state index in [-0.39, 0.29) is 0 Å². The van der Waals surface area contributed by atoms with E-state index in [1.807, 2.05) is 30.6 Å². The van der Waals surface area contributed by atoms with Crippen molar-refractivity contribution < 1.29 is 17.6 Å². The average Bonchev–Trinajstić information content (AvgIpc) is 2.57. The van der Waals surface area contributed by atoms with Crippen LogP contribution in [-0.2, 0) is 0 Å². The Morgan fingerprint density at radius 1 is 0.682 bits per heavy atom. The van der Waals surface area contributed by atoms with Crippen LogP contribution < -0.4 is 0 Å². The molecule has 1 nitrogen and oxygen atoms in total. The topological polar surface area (TPSA) is 12.9 Å². The van der Waals surface area contributed by atoms with Gasteiger partial charge in [-0.25, -0.2) is 17.6 Å². The lowest BCUT2D eigenvalue weighted by molar-refractivity contribution is 0.423. The summed E-state index contributed by atoms with van der Waals surface area (Å²) in [7, 11) is 0. The third-order valence-corrected chi connectivity index (χ3v) is 4.60.